The minimum atomic E-state index is -0.131. The van der Waals surface area contributed by atoms with Crippen molar-refractivity contribution in [2.45, 2.75) is 26.2 Å². The van der Waals surface area contributed by atoms with Gasteiger partial charge in [-0.2, -0.15) is 0 Å². The van der Waals surface area contributed by atoms with Gasteiger partial charge in [0.05, 0.1) is 11.7 Å². The number of ether oxygens (including phenoxy) is 1. The zero-order chi connectivity index (χ0) is 7.61. The molecule has 2 heteroatoms. The summed E-state index contributed by atoms with van der Waals surface area (Å²) in [6, 6.07) is 0. The van der Waals surface area contributed by atoms with E-state index in [9.17, 15) is 4.79 Å². The maximum absolute atomic E-state index is 11.1. The van der Waals surface area contributed by atoms with E-state index in [2.05, 4.69) is 11.3 Å². The Labute approximate surface area is 60.9 Å². The molecule has 10 heavy (non-hydrogen) atoms. The molecule has 1 fully saturated rings. The van der Waals surface area contributed by atoms with Crippen molar-refractivity contribution >= 4 is 5.97 Å². The van der Waals surface area contributed by atoms with Crippen LogP contribution in [0.5, 0.6) is 0 Å². The third-order valence-corrected chi connectivity index (χ3v) is 2.15. The Morgan fingerprint density at radius 1 is 1.80 bits per heavy atom. The van der Waals surface area contributed by atoms with Gasteiger partial charge in [-0.3, -0.25) is 4.79 Å². The highest BCUT2D eigenvalue weighted by atomic mass is 16.5. The summed E-state index contributed by atoms with van der Waals surface area (Å²) >= 11 is 0. The van der Waals surface area contributed by atoms with Crippen molar-refractivity contribution in [1.82, 2.24) is 0 Å². The first-order valence-electron chi connectivity index (χ1n) is 3.57. The van der Waals surface area contributed by atoms with Crippen LogP contribution in [0.1, 0.15) is 26.2 Å². The van der Waals surface area contributed by atoms with E-state index in [0.29, 0.717) is 0 Å². The summed E-state index contributed by atoms with van der Waals surface area (Å²) in [6.45, 7) is 5.34. The maximum atomic E-state index is 11.1. The Morgan fingerprint density at radius 3 is 2.70 bits per heavy atom. The van der Waals surface area contributed by atoms with Crippen LogP contribution in [-0.4, -0.2) is 5.97 Å². The van der Waals surface area contributed by atoms with Crippen LogP contribution in [-0.2, 0) is 9.53 Å². The number of rotatable bonds is 3. The van der Waals surface area contributed by atoms with Crippen LogP contribution in [0, 0.1) is 5.41 Å². The van der Waals surface area contributed by atoms with E-state index < -0.39 is 0 Å². The minimum absolute atomic E-state index is 0.106. The lowest BCUT2D eigenvalue weighted by Crippen LogP contribution is -2.15. The van der Waals surface area contributed by atoms with Crippen molar-refractivity contribution in [1.29, 1.82) is 0 Å². The Balaban J connectivity index is 2.47. The topological polar surface area (TPSA) is 26.3 Å². The summed E-state index contributed by atoms with van der Waals surface area (Å²) < 4.78 is 4.69. The van der Waals surface area contributed by atoms with Crippen LogP contribution in [0.3, 0.4) is 0 Å². The summed E-state index contributed by atoms with van der Waals surface area (Å²) in [5.41, 5.74) is -0.131. The Kier molecular flexibility index (Phi) is 1.79. The zero-order valence-electron chi connectivity index (χ0n) is 6.22. The fourth-order valence-electron chi connectivity index (χ4n) is 1.05. The smallest absolute Gasteiger partial charge is 0.316 e. The van der Waals surface area contributed by atoms with Gasteiger partial charge in [-0.15, -0.1) is 0 Å². The molecule has 1 rings (SSSR count). The molecule has 0 radical (unpaired) electrons. The Morgan fingerprint density at radius 2 is 2.40 bits per heavy atom. The number of hydrogen-bond acceptors (Lipinski definition) is 2. The van der Waals surface area contributed by atoms with Crippen molar-refractivity contribution < 1.29 is 9.53 Å². The molecule has 0 spiro atoms. The van der Waals surface area contributed by atoms with Gasteiger partial charge >= 0.3 is 5.97 Å². The fraction of sp³-hybridized carbons (Fsp3) is 0.625. The van der Waals surface area contributed by atoms with Gasteiger partial charge in [0.25, 0.3) is 0 Å². The van der Waals surface area contributed by atoms with E-state index in [0.717, 1.165) is 19.3 Å². The van der Waals surface area contributed by atoms with Gasteiger partial charge < -0.3 is 4.74 Å². The summed E-state index contributed by atoms with van der Waals surface area (Å²) in [5, 5.41) is 0. The lowest BCUT2D eigenvalue weighted by Gasteiger charge is -2.07. The summed E-state index contributed by atoms with van der Waals surface area (Å²) in [6.07, 6.45) is 4.06. The molecule has 0 N–H and O–H groups in total. The molecule has 0 aromatic heterocycles. The van der Waals surface area contributed by atoms with Crippen LogP contribution in [0.2, 0.25) is 0 Å². The van der Waals surface area contributed by atoms with E-state index in [1.165, 1.54) is 6.26 Å². The molecule has 1 aliphatic rings. The van der Waals surface area contributed by atoms with Crippen LogP contribution in [0.25, 0.3) is 0 Å². The highest BCUT2D eigenvalue weighted by molar-refractivity contribution is 5.80. The van der Waals surface area contributed by atoms with E-state index in [1.54, 1.807) is 0 Å². The molecular weight excluding hydrogens is 128 g/mol. The first-order chi connectivity index (χ1) is 4.75. The van der Waals surface area contributed by atoms with Crippen molar-refractivity contribution in [3.63, 3.8) is 0 Å². The van der Waals surface area contributed by atoms with Crippen molar-refractivity contribution in [3.8, 4) is 0 Å². The normalized spacial score (nSPS) is 19.7. The molecule has 0 heterocycles. The molecule has 56 valence electrons. The standard InChI is InChI=1S/C8H12O2/c1-3-8(5-6-8)7(9)10-4-2/h4H,2-3,5-6H2,1H3. The molecule has 2 nitrogen and oxygen atoms in total. The summed E-state index contributed by atoms with van der Waals surface area (Å²) in [5.74, 6) is -0.106. The van der Waals surface area contributed by atoms with Crippen LogP contribution < -0.4 is 0 Å². The van der Waals surface area contributed by atoms with E-state index >= 15 is 0 Å². The van der Waals surface area contributed by atoms with Gasteiger partial charge in [0.2, 0.25) is 0 Å². The highest BCUT2D eigenvalue weighted by Gasteiger charge is 2.49. The monoisotopic (exact) mass is 140 g/mol. The van der Waals surface area contributed by atoms with E-state index in [1.807, 2.05) is 6.92 Å². The fourth-order valence-corrected chi connectivity index (χ4v) is 1.05. The first kappa shape index (κ1) is 7.32. The molecular formula is C8H12O2. The molecule has 0 aliphatic heterocycles. The van der Waals surface area contributed by atoms with Crippen LogP contribution in [0.15, 0.2) is 12.8 Å². The molecule has 0 bridgehead atoms. The van der Waals surface area contributed by atoms with Crippen molar-refractivity contribution in [3.05, 3.63) is 12.8 Å². The third-order valence-electron chi connectivity index (χ3n) is 2.15. The molecule has 0 atom stereocenters. The second kappa shape index (κ2) is 2.45. The molecule has 1 aliphatic carbocycles. The van der Waals surface area contributed by atoms with Crippen molar-refractivity contribution in [2.24, 2.45) is 5.41 Å². The zero-order valence-corrected chi connectivity index (χ0v) is 6.22. The van der Waals surface area contributed by atoms with Gasteiger partial charge in [0.15, 0.2) is 0 Å². The maximum Gasteiger partial charge on any atom is 0.316 e. The third kappa shape index (κ3) is 1.06. The number of hydrogen-bond donors (Lipinski definition) is 0. The average Bonchev–Trinajstić information content (AvgIpc) is 2.68. The molecule has 0 unspecified atom stereocenters. The molecule has 1 saturated carbocycles. The Hall–Kier alpha value is -0.790. The van der Waals surface area contributed by atoms with Gasteiger partial charge in [-0.05, 0) is 19.3 Å². The summed E-state index contributed by atoms with van der Waals surface area (Å²) in [4.78, 5) is 11.1. The quantitative estimate of drug-likeness (QED) is 0.442. The Bertz CT molecular complexity index is 157. The molecule has 0 saturated heterocycles. The average molecular weight is 140 g/mol. The molecule has 0 aromatic rings. The SMILES string of the molecule is C=COC(=O)C1(CC)CC1. The minimum Gasteiger partial charge on any atom is -0.435 e. The number of esters is 1. The lowest BCUT2D eigenvalue weighted by molar-refractivity contribution is -0.144. The second-order valence-corrected chi connectivity index (χ2v) is 2.71. The highest BCUT2D eigenvalue weighted by Crippen LogP contribution is 2.49. The van der Waals surface area contributed by atoms with Crippen LogP contribution >= 0.6 is 0 Å². The summed E-state index contributed by atoms with van der Waals surface area (Å²) in [7, 11) is 0. The number of carbonyl (C=O) groups is 1. The van der Waals surface area contributed by atoms with Gasteiger partial charge in [0, 0.05) is 0 Å². The van der Waals surface area contributed by atoms with Gasteiger partial charge in [0.1, 0.15) is 0 Å². The number of carbonyl (C=O) groups excluding carboxylic acids is 1. The lowest BCUT2D eigenvalue weighted by atomic mass is 10.1. The predicted octanol–water partition coefficient (Wildman–Crippen LogP) is 1.86. The van der Waals surface area contributed by atoms with E-state index in [-0.39, 0.29) is 11.4 Å². The molecule has 0 aromatic carbocycles. The van der Waals surface area contributed by atoms with Crippen molar-refractivity contribution in [2.75, 3.05) is 0 Å². The van der Waals surface area contributed by atoms with E-state index in [4.69, 9.17) is 0 Å². The van der Waals surface area contributed by atoms with Crippen LogP contribution in [0.4, 0.5) is 0 Å². The predicted molar refractivity (Wildman–Crippen MR) is 38.2 cm³/mol. The van der Waals surface area contributed by atoms with Gasteiger partial charge in [-0.25, -0.2) is 0 Å². The first-order valence-corrected chi connectivity index (χ1v) is 3.57. The second-order valence-electron chi connectivity index (χ2n) is 2.71. The largest absolute Gasteiger partial charge is 0.435 e. The van der Waals surface area contributed by atoms with Gasteiger partial charge in [-0.1, -0.05) is 13.5 Å². The molecule has 0 amide bonds.